The highest BCUT2D eigenvalue weighted by Gasteiger charge is 2.36. The fourth-order valence-corrected chi connectivity index (χ4v) is 2.04. The molecule has 0 saturated carbocycles. The van der Waals surface area contributed by atoms with Crippen molar-refractivity contribution in [2.45, 2.75) is 38.7 Å². The topological polar surface area (TPSA) is 81.7 Å². The normalized spacial score (nSPS) is 18.3. The van der Waals surface area contributed by atoms with Gasteiger partial charge in [0.2, 0.25) is 0 Å². The Balaban J connectivity index is 2.20. The van der Waals surface area contributed by atoms with E-state index in [-0.39, 0.29) is 6.42 Å². The summed E-state index contributed by atoms with van der Waals surface area (Å²) >= 11 is 0. The van der Waals surface area contributed by atoms with Crippen LogP contribution in [0.15, 0.2) is 24.3 Å². The van der Waals surface area contributed by atoms with Crippen LogP contribution in [0.2, 0.25) is 0 Å². The third kappa shape index (κ3) is 3.81. The van der Waals surface area contributed by atoms with E-state index in [0.717, 1.165) is 0 Å². The Hall–Kier alpha value is -2.37. The second kappa shape index (κ2) is 5.55. The summed E-state index contributed by atoms with van der Waals surface area (Å²) in [6.07, 6.45) is -0.640. The molecule has 6 nitrogen and oxygen atoms in total. The average Bonchev–Trinajstić information content (AvgIpc) is 2.66. The molecule has 0 bridgehead atoms. The minimum Gasteiger partial charge on any atom is -0.444 e. The highest BCUT2D eigenvalue weighted by Crippen LogP contribution is 2.32. The number of esters is 2. The second-order valence-corrected chi connectivity index (χ2v) is 5.76. The van der Waals surface area contributed by atoms with E-state index in [1.54, 1.807) is 45.0 Å². The molecule has 2 rings (SSSR count). The molecule has 1 N–H and O–H groups in total. The number of carbonyl (C=O) groups excluding carboxylic acids is 3. The number of anilines is 1. The smallest absolute Gasteiger partial charge is 0.412 e. The molecule has 1 aliphatic heterocycles. The molecule has 0 radical (unpaired) electrons. The first-order valence-corrected chi connectivity index (χ1v) is 6.60. The van der Waals surface area contributed by atoms with Gasteiger partial charge in [-0.1, -0.05) is 18.2 Å². The van der Waals surface area contributed by atoms with Crippen LogP contribution in [0.4, 0.5) is 10.5 Å². The number of amides is 1. The van der Waals surface area contributed by atoms with Crippen LogP contribution in [-0.4, -0.2) is 23.6 Å². The van der Waals surface area contributed by atoms with Gasteiger partial charge in [0, 0.05) is 5.69 Å². The van der Waals surface area contributed by atoms with Crippen LogP contribution in [0.1, 0.15) is 38.7 Å². The number of hydrogen-bond donors (Lipinski definition) is 1. The molecule has 21 heavy (non-hydrogen) atoms. The predicted molar refractivity (Wildman–Crippen MR) is 74.8 cm³/mol. The van der Waals surface area contributed by atoms with Gasteiger partial charge in [0.25, 0.3) is 0 Å². The van der Waals surface area contributed by atoms with Crippen LogP contribution in [0.25, 0.3) is 0 Å². The first-order chi connectivity index (χ1) is 9.76. The fourth-order valence-electron chi connectivity index (χ4n) is 2.04. The predicted octanol–water partition coefficient (Wildman–Crippen LogP) is 2.59. The summed E-state index contributed by atoms with van der Waals surface area (Å²) in [4.78, 5) is 34.7. The van der Waals surface area contributed by atoms with Gasteiger partial charge < -0.3 is 9.47 Å². The van der Waals surface area contributed by atoms with Crippen molar-refractivity contribution in [3.05, 3.63) is 29.8 Å². The number of rotatable bonds is 2. The lowest BCUT2D eigenvalue weighted by atomic mass is 9.96. The molecule has 1 aromatic rings. The molecule has 1 atom stereocenters. The van der Waals surface area contributed by atoms with Crippen LogP contribution in [-0.2, 0) is 19.1 Å². The Bertz CT molecular complexity index is 588. The summed E-state index contributed by atoms with van der Waals surface area (Å²) in [7, 11) is 0. The molecular formula is C15H17NO5. The molecule has 1 aliphatic rings. The van der Waals surface area contributed by atoms with Gasteiger partial charge in [-0.2, -0.15) is 0 Å². The fraction of sp³-hybridized carbons (Fsp3) is 0.400. The summed E-state index contributed by atoms with van der Waals surface area (Å²) in [5, 5.41) is 2.60. The molecule has 112 valence electrons. The quantitative estimate of drug-likeness (QED) is 0.669. The number of benzene rings is 1. The number of ether oxygens (including phenoxy) is 2. The van der Waals surface area contributed by atoms with E-state index in [1.165, 1.54) is 0 Å². The van der Waals surface area contributed by atoms with Crippen LogP contribution >= 0.6 is 0 Å². The molecule has 1 amide bonds. The molecule has 1 heterocycles. The second-order valence-electron chi connectivity index (χ2n) is 5.76. The first kappa shape index (κ1) is 15.0. The van der Waals surface area contributed by atoms with Gasteiger partial charge in [0.15, 0.2) is 0 Å². The summed E-state index contributed by atoms with van der Waals surface area (Å²) in [6, 6.07) is 6.77. The monoisotopic (exact) mass is 291 g/mol. The van der Waals surface area contributed by atoms with Crippen LogP contribution in [0.5, 0.6) is 0 Å². The Labute approximate surface area is 122 Å². The zero-order valence-corrected chi connectivity index (χ0v) is 12.1. The number of nitrogens with one attached hydrogen (secondary N) is 1. The minimum atomic E-state index is -0.691. The zero-order valence-electron chi connectivity index (χ0n) is 12.1. The van der Waals surface area contributed by atoms with Gasteiger partial charge in [-0.25, -0.2) is 4.79 Å². The van der Waals surface area contributed by atoms with Crippen molar-refractivity contribution in [3.8, 4) is 0 Å². The lowest BCUT2D eigenvalue weighted by Crippen LogP contribution is -2.27. The number of para-hydroxylation sites is 1. The summed E-state index contributed by atoms with van der Waals surface area (Å²) in [6.45, 7) is 5.27. The van der Waals surface area contributed by atoms with Gasteiger partial charge in [0.1, 0.15) is 5.60 Å². The number of cyclic esters (lactones) is 2. The summed E-state index contributed by atoms with van der Waals surface area (Å²) < 4.78 is 9.72. The maximum Gasteiger partial charge on any atom is 0.412 e. The SMILES string of the molecule is CC(C)(C)OC(=O)Nc1ccccc1C1CC(=O)OC1=O. The molecule has 6 heteroatoms. The van der Waals surface area contributed by atoms with E-state index in [2.05, 4.69) is 10.1 Å². The van der Waals surface area contributed by atoms with E-state index in [0.29, 0.717) is 11.3 Å². The third-order valence-electron chi connectivity index (χ3n) is 2.84. The van der Waals surface area contributed by atoms with E-state index in [4.69, 9.17) is 4.74 Å². The van der Waals surface area contributed by atoms with E-state index >= 15 is 0 Å². The van der Waals surface area contributed by atoms with Crippen molar-refractivity contribution >= 4 is 23.7 Å². The van der Waals surface area contributed by atoms with Crippen molar-refractivity contribution in [1.29, 1.82) is 0 Å². The van der Waals surface area contributed by atoms with Gasteiger partial charge in [-0.3, -0.25) is 14.9 Å². The number of carbonyl (C=O) groups is 3. The maximum atomic E-state index is 11.8. The first-order valence-electron chi connectivity index (χ1n) is 6.60. The van der Waals surface area contributed by atoms with Crippen molar-refractivity contribution < 1.29 is 23.9 Å². The molecule has 1 aromatic carbocycles. The molecule has 1 unspecified atom stereocenters. The van der Waals surface area contributed by atoms with Crippen molar-refractivity contribution in [3.63, 3.8) is 0 Å². The zero-order chi connectivity index (χ0) is 15.6. The van der Waals surface area contributed by atoms with E-state index in [1.807, 2.05) is 0 Å². The van der Waals surface area contributed by atoms with E-state index < -0.39 is 29.6 Å². The Kier molecular flexibility index (Phi) is 3.97. The van der Waals surface area contributed by atoms with Crippen LogP contribution in [0, 0.1) is 0 Å². The number of hydrogen-bond acceptors (Lipinski definition) is 5. The maximum absolute atomic E-state index is 11.8. The lowest BCUT2D eigenvalue weighted by molar-refractivity contribution is -0.152. The molecule has 1 fully saturated rings. The lowest BCUT2D eigenvalue weighted by Gasteiger charge is -2.21. The average molecular weight is 291 g/mol. The Morgan fingerprint density at radius 3 is 2.52 bits per heavy atom. The standard InChI is InChI=1S/C15H17NO5/c1-15(2,3)21-14(19)16-11-7-5-4-6-9(11)10-8-12(17)20-13(10)18/h4-7,10H,8H2,1-3H3,(H,16,19). The Morgan fingerprint density at radius 2 is 1.95 bits per heavy atom. The van der Waals surface area contributed by atoms with Gasteiger partial charge in [0.05, 0.1) is 12.3 Å². The molecule has 0 spiro atoms. The van der Waals surface area contributed by atoms with Gasteiger partial charge >= 0.3 is 18.0 Å². The summed E-state index contributed by atoms with van der Waals surface area (Å²) in [5.74, 6) is -1.85. The van der Waals surface area contributed by atoms with Gasteiger partial charge in [-0.15, -0.1) is 0 Å². The highest BCUT2D eigenvalue weighted by atomic mass is 16.6. The van der Waals surface area contributed by atoms with Crippen molar-refractivity contribution in [2.24, 2.45) is 0 Å². The molecular weight excluding hydrogens is 274 g/mol. The third-order valence-corrected chi connectivity index (χ3v) is 2.84. The molecule has 0 aliphatic carbocycles. The van der Waals surface area contributed by atoms with E-state index in [9.17, 15) is 14.4 Å². The van der Waals surface area contributed by atoms with Crippen LogP contribution < -0.4 is 5.32 Å². The van der Waals surface area contributed by atoms with Crippen molar-refractivity contribution in [2.75, 3.05) is 5.32 Å². The minimum absolute atomic E-state index is 0.0220. The Morgan fingerprint density at radius 1 is 1.29 bits per heavy atom. The van der Waals surface area contributed by atoms with Gasteiger partial charge in [-0.05, 0) is 32.4 Å². The summed E-state index contributed by atoms with van der Waals surface area (Å²) in [5.41, 5.74) is 0.351. The molecule has 0 aromatic heterocycles. The van der Waals surface area contributed by atoms with Crippen LogP contribution in [0.3, 0.4) is 0 Å². The largest absolute Gasteiger partial charge is 0.444 e. The highest BCUT2D eigenvalue weighted by molar-refractivity contribution is 5.99. The molecule has 1 saturated heterocycles. The van der Waals surface area contributed by atoms with Crippen molar-refractivity contribution in [1.82, 2.24) is 0 Å².